The van der Waals surface area contributed by atoms with Crippen molar-refractivity contribution in [3.63, 3.8) is 0 Å². The number of halogens is 2. The van der Waals surface area contributed by atoms with Crippen LogP contribution in [-0.2, 0) is 9.31 Å². The second-order valence-electron chi connectivity index (χ2n) is 5.53. The lowest BCUT2D eigenvalue weighted by molar-refractivity contribution is 0.00578. The van der Waals surface area contributed by atoms with Crippen LogP contribution in [0.5, 0.6) is 0 Å². The topological polar surface area (TPSA) is 42.2 Å². The summed E-state index contributed by atoms with van der Waals surface area (Å²) in [4.78, 5) is 0. The van der Waals surface area contributed by atoms with E-state index in [0.29, 0.717) is 0 Å². The molecule has 0 radical (unpaired) electrons. The highest BCUT2D eigenvalue weighted by Gasteiger charge is 2.52. The van der Waals surface area contributed by atoms with Gasteiger partial charge in [-0.1, -0.05) is 17.7 Å². The number of rotatable bonds is 1. The van der Waals surface area contributed by atoms with E-state index in [4.69, 9.17) is 26.2 Å². The molecule has 0 bridgehead atoms. The zero-order valence-electron chi connectivity index (χ0n) is 11.3. The van der Waals surface area contributed by atoms with Crippen LogP contribution >= 0.6 is 11.6 Å². The molecule has 1 aromatic carbocycles. The molecule has 100 valence electrons. The fourth-order valence-corrected chi connectivity index (χ4v) is 2.01. The quantitative estimate of drug-likeness (QED) is 0.743. The van der Waals surface area contributed by atoms with E-state index in [1.54, 1.807) is 6.07 Å². The van der Waals surface area contributed by atoms with Crippen LogP contribution in [0.2, 0.25) is 5.02 Å². The van der Waals surface area contributed by atoms with Gasteiger partial charge in [0.2, 0.25) is 0 Å². The number of hydrogen-bond donors (Lipinski definition) is 0. The van der Waals surface area contributed by atoms with Crippen molar-refractivity contribution in [2.24, 2.45) is 0 Å². The Kier molecular flexibility index (Phi) is 3.38. The summed E-state index contributed by atoms with van der Waals surface area (Å²) in [6.07, 6.45) is 0. The number of nitrogens with zero attached hydrogens (tertiary/aromatic N) is 1. The van der Waals surface area contributed by atoms with Crippen molar-refractivity contribution in [1.29, 1.82) is 5.26 Å². The summed E-state index contributed by atoms with van der Waals surface area (Å²) in [5, 5.41) is 9.00. The van der Waals surface area contributed by atoms with Crippen LogP contribution in [0.3, 0.4) is 0 Å². The number of nitriles is 1. The normalized spacial score (nSPS) is 20.4. The van der Waals surface area contributed by atoms with Crippen molar-refractivity contribution in [3.8, 4) is 6.07 Å². The van der Waals surface area contributed by atoms with Crippen molar-refractivity contribution >= 4 is 24.2 Å². The minimum atomic E-state index is -0.839. The second kappa shape index (κ2) is 4.48. The van der Waals surface area contributed by atoms with Crippen LogP contribution in [0.15, 0.2) is 12.1 Å². The van der Waals surface area contributed by atoms with E-state index in [-0.39, 0.29) is 16.0 Å². The minimum Gasteiger partial charge on any atom is -0.399 e. The van der Waals surface area contributed by atoms with Gasteiger partial charge in [0.15, 0.2) is 0 Å². The van der Waals surface area contributed by atoms with Crippen LogP contribution in [0.4, 0.5) is 4.39 Å². The molecule has 19 heavy (non-hydrogen) atoms. The van der Waals surface area contributed by atoms with Gasteiger partial charge in [-0.2, -0.15) is 5.26 Å². The average molecular weight is 282 g/mol. The summed E-state index contributed by atoms with van der Waals surface area (Å²) in [6.45, 7) is 7.52. The Morgan fingerprint density at radius 3 is 2.21 bits per heavy atom. The first-order valence-corrected chi connectivity index (χ1v) is 6.31. The summed E-state index contributed by atoms with van der Waals surface area (Å²) in [5.41, 5.74) is -1.11. The Hall–Kier alpha value is -1.09. The summed E-state index contributed by atoms with van der Waals surface area (Å²) in [5.74, 6) is -0.687. The Morgan fingerprint density at radius 2 is 1.74 bits per heavy atom. The summed E-state index contributed by atoms with van der Waals surface area (Å²) in [7, 11) is -0.839. The summed E-state index contributed by atoms with van der Waals surface area (Å²) in [6, 6.07) is 4.71. The van der Waals surface area contributed by atoms with Crippen molar-refractivity contribution in [1.82, 2.24) is 0 Å². The van der Waals surface area contributed by atoms with Gasteiger partial charge in [-0.15, -0.1) is 0 Å². The lowest BCUT2D eigenvalue weighted by Crippen LogP contribution is -2.41. The van der Waals surface area contributed by atoms with Gasteiger partial charge in [-0.05, 0) is 33.8 Å². The molecule has 3 nitrogen and oxygen atoms in total. The monoisotopic (exact) mass is 281 g/mol. The molecule has 0 spiro atoms. The highest BCUT2D eigenvalue weighted by molar-refractivity contribution is 6.62. The molecular weight excluding hydrogens is 267 g/mol. The van der Waals surface area contributed by atoms with E-state index in [2.05, 4.69) is 0 Å². The first-order valence-electron chi connectivity index (χ1n) is 5.93. The average Bonchev–Trinajstić information content (AvgIpc) is 2.48. The van der Waals surface area contributed by atoms with Crippen LogP contribution in [0.25, 0.3) is 0 Å². The van der Waals surface area contributed by atoms with Crippen LogP contribution in [0, 0.1) is 17.1 Å². The van der Waals surface area contributed by atoms with Crippen molar-refractivity contribution in [2.45, 2.75) is 38.9 Å². The van der Waals surface area contributed by atoms with E-state index in [0.717, 1.165) is 0 Å². The Bertz CT molecular complexity index is 552. The molecule has 2 rings (SSSR count). The molecule has 0 amide bonds. The molecule has 0 N–H and O–H groups in total. The van der Waals surface area contributed by atoms with E-state index < -0.39 is 24.1 Å². The standard InChI is InChI=1S/C13H14BClFNO2/c1-12(2)13(3,4)19-14(18-12)9-5-6-10(15)8(7-17)11(9)16/h5-6H,1-4H3. The fourth-order valence-electron chi connectivity index (χ4n) is 1.82. The third kappa shape index (κ3) is 2.25. The Balaban J connectivity index is 2.44. The predicted molar refractivity (Wildman–Crippen MR) is 71.8 cm³/mol. The smallest absolute Gasteiger partial charge is 0.399 e. The summed E-state index contributed by atoms with van der Waals surface area (Å²) < 4.78 is 25.7. The van der Waals surface area contributed by atoms with Crippen LogP contribution < -0.4 is 5.46 Å². The Labute approximate surface area is 117 Å². The first kappa shape index (κ1) is 14.3. The fraction of sp³-hybridized carbons (Fsp3) is 0.462. The molecule has 1 aromatic rings. The third-order valence-corrected chi connectivity index (χ3v) is 4.05. The van der Waals surface area contributed by atoms with Gasteiger partial charge in [0.1, 0.15) is 17.4 Å². The molecule has 6 heteroatoms. The zero-order chi connectivity index (χ0) is 14.4. The zero-order valence-corrected chi connectivity index (χ0v) is 12.0. The molecule has 0 unspecified atom stereocenters. The molecule has 1 saturated heterocycles. The molecule has 1 aliphatic heterocycles. The van der Waals surface area contributed by atoms with Gasteiger partial charge in [-0.3, -0.25) is 0 Å². The van der Waals surface area contributed by atoms with E-state index in [1.807, 2.05) is 27.7 Å². The SMILES string of the molecule is CC1(C)OB(c2ccc(Cl)c(C#N)c2F)OC1(C)C. The van der Waals surface area contributed by atoms with Crippen LogP contribution in [-0.4, -0.2) is 18.3 Å². The van der Waals surface area contributed by atoms with Crippen molar-refractivity contribution < 1.29 is 13.7 Å². The van der Waals surface area contributed by atoms with Gasteiger partial charge >= 0.3 is 7.12 Å². The molecule has 0 aliphatic carbocycles. The maximum atomic E-state index is 14.2. The highest BCUT2D eigenvalue weighted by atomic mass is 35.5. The predicted octanol–water partition coefficient (Wildman–Crippen LogP) is 2.65. The Morgan fingerprint density at radius 1 is 1.21 bits per heavy atom. The maximum Gasteiger partial charge on any atom is 0.497 e. The van der Waals surface area contributed by atoms with Crippen molar-refractivity contribution in [3.05, 3.63) is 28.5 Å². The molecule has 1 heterocycles. The first-order chi connectivity index (χ1) is 8.69. The van der Waals surface area contributed by atoms with Gasteiger partial charge in [0, 0.05) is 5.46 Å². The van der Waals surface area contributed by atoms with Gasteiger partial charge < -0.3 is 9.31 Å². The van der Waals surface area contributed by atoms with Gasteiger partial charge in [-0.25, -0.2) is 4.39 Å². The largest absolute Gasteiger partial charge is 0.497 e. The molecule has 1 fully saturated rings. The molecule has 0 saturated carbocycles. The summed E-state index contributed by atoms with van der Waals surface area (Å²) >= 11 is 5.78. The molecule has 1 aliphatic rings. The third-order valence-electron chi connectivity index (χ3n) is 3.74. The molecule has 0 aromatic heterocycles. The van der Waals surface area contributed by atoms with E-state index in [1.165, 1.54) is 12.1 Å². The van der Waals surface area contributed by atoms with Crippen molar-refractivity contribution in [2.75, 3.05) is 0 Å². The minimum absolute atomic E-state index is 0.0836. The van der Waals surface area contributed by atoms with E-state index >= 15 is 0 Å². The molecule has 0 atom stereocenters. The second-order valence-corrected chi connectivity index (χ2v) is 5.93. The maximum absolute atomic E-state index is 14.2. The van der Waals surface area contributed by atoms with E-state index in [9.17, 15) is 4.39 Å². The number of benzene rings is 1. The highest BCUT2D eigenvalue weighted by Crippen LogP contribution is 2.36. The lowest BCUT2D eigenvalue weighted by atomic mass is 9.78. The van der Waals surface area contributed by atoms with Gasteiger partial charge in [0.25, 0.3) is 0 Å². The lowest BCUT2D eigenvalue weighted by Gasteiger charge is -2.32. The number of hydrogen-bond acceptors (Lipinski definition) is 3. The van der Waals surface area contributed by atoms with Crippen LogP contribution in [0.1, 0.15) is 33.3 Å². The molecular formula is C13H14BClFNO2. The van der Waals surface area contributed by atoms with Gasteiger partial charge in [0.05, 0.1) is 16.2 Å².